The summed E-state index contributed by atoms with van der Waals surface area (Å²) in [6, 6.07) is 7.81. The van der Waals surface area contributed by atoms with Crippen LogP contribution in [0.1, 0.15) is 35.8 Å². The zero-order chi connectivity index (χ0) is 21.8. The lowest BCUT2D eigenvalue weighted by molar-refractivity contribution is -0.113. The molecule has 0 saturated heterocycles. The first-order valence-electron chi connectivity index (χ1n) is 10.7. The number of carbonyl (C=O) groups is 1. The molecule has 1 aliphatic carbocycles. The maximum atomic E-state index is 13.4. The fraction of sp³-hybridized carbons (Fsp3) is 0.435. The summed E-state index contributed by atoms with van der Waals surface area (Å²) in [5.41, 5.74) is 3.10. The van der Waals surface area contributed by atoms with Crippen molar-refractivity contribution < 1.29 is 9.53 Å². The van der Waals surface area contributed by atoms with Crippen molar-refractivity contribution in [2.75, 3.05) is 24.8 Å². The Morgan fingerprint density at radius 1 is 1.29 bits per heavy atom. The summed E-state index contributed by atoms with van der Waals surface area (Å²) in [7, 11) is 1.62. The van der Waals surface area contributed by atoms with Crippen molar-refractivity contribution in [3.8, 4) is 0 Å². The van der Waals surface area contributed by atoms with E-state index in [2.05, 4.69) is 12.2 Å². The fourth-order valence-corrected chi connectivity index (χ4v) is 6.10. The number of fused-ring (bicyclic) bond motifs is 3. The minimum Gasteiger partial charge on any atom is -0.383 e. The zero-order valence-electron chi connectivity index (χ0n) is 17.9. The first kappa shape index (κ1) is 22.0. The highest BCUT2D eigenvalue weighted by atomic mass is 32.2. The number of amides is 1. The Balaban J connectivity index is 1.60. The van der Waals surface area contributed by atoms with Gasteiger partial charge >= 0.3 is 0 Å². The van der Waals surface area contributed by atoms with Gasteiger partial charge in [0.2, 0.25) is 5.91 Å². The van der Waals surface area contributed by atoms with Crippen molar-refractivity contribution in [3.63, 3.8) is 0 Å². The van der Waals surface area contributed by atoms with Crippen LogP contribution in [-0.4, -0.2) is 34.9 Å². The van der Waals surface area contributed by atoms with Crippen LogP contribution in [0.5, 0.6) is 0 Å². The van der Waals surface area contributed by atoms with E-state index < -0.39 is 0 Å². The molecule has 3 aromatic rings. The van der Waals surface area contributed by atoms with Gasteiger partial charge in [-0.05, 0) is 49.3 Å². The fourth-order valence-electron chi connectivity index (χ4n) is 3.98. The molecule has 2 aromatic heterocycles. The maximum Gasteiger partial charge on any atom is 0.263 e. The molecule has 0 unspecified atom stereocenters. The van der Waals surface area contributed by atoms with Gasteiger partial charge in [-0.15, -0.1) is 11.3 Å². The van der Waals surface area contributed by atoms with Gasteiger partial charge in [-0.2, -0.15) is 0 Å². The SMILES string of the molecule is CCc1ccccc1NC(=O)CSc1nc2sc3c(c2c(=O)n1CCOC)CCCC3. The maximum absolute atomic E-state index is 13.4. The summed E-state index contributed by atoms with van der Waals surface area (Å²) in [6.07, 6.45) is 5.10. The van der Waals surface area contributed by atoms with Gasteiger partial charge in [0.15, 0.2) is 5.16 Å². The second-order valence-electron chi connectivity index (χ2n) is 7.58. The predicted octanol–water partition coefficient (Wildman–Crippen LogP) is 4.28. The second kappa shape index (κ2) is 9.97. The normalized spacial score (nSPS) is 13.4. The number of benzene rings is 1. The molecule has 0 saturated carbocycles. The van der Waals surface area contributed by atoms with Gasteiger partial charge < -0.3 is 10.1 Å². The molecule has 0 aliphatic heterocycles. The summed E-state index contributed by atoms with van der Waals surface area (Å²) >= 11 is 2.94. The van der Waals surface area contributed by atoms with Crippen LogP contribution in [0.15, 0.2) is 34.2 Å². The molecule has 4 rings (SSSR count). The van der Waals surface area contributed by atoms with Crippen LogP contribution in [0.4, 0.5) is 5.69 Å². The second-order valence-corrected chi connectivity index (χ2v) is 9.61. The predicted molar refractivity (Wildman–Crippen MR) is 128 cm³/mol. The van der Waals surface area contributed by atoms with E-state index in [1.54, 1.807) is 23.0 Å². The quantitative estimate of drug-likeness (QED) is 0.404. The third-order valence-corrected chi connectivity index (χ3v) is 7.73. The molecular weight excluding hydrogens is 430 g/mol. The van der Waals surface area contributed by atoms with E-state index in [-0.39, 0.29) is 17.2 Å². The van der Waals surface area contributed by atoms with Gasteiger partial charge in [0.25, 0.3) is 5.56 Å². The topological polar surface area (TPSA) is 73.2 Å². The number of rotatable bonds is 8. The summed E-state index contributed by atoms with van der Waals surface area (Å²) in [5.74, 6) is 0.0812. The molecule has 6 nitrogen and oxygen atoms in total. The number of thioether (sulfide) groups is 1. The van der Waals surface area contributed by atoms with E-state index in [1.807, 2.05) is 24.3 Å². The van der Waals surface area contributed by atoms with Crippen LogP contribution in [-0.2, 0) is 35.3 Å². The van der Waals surface area contributed by atoms with E-state index in [0.29, 0.717) is 18.3 Å². The van der Waals surface area contributed by atoms with Crippen LogP contribution in [0.3, 0.4) is 0 Å². The number of thiophene rings is 1. The molecule has 8 heteroatoms. The zero-order valence-corrected chi connectivity index (χ0v) is 19.5. The van der Waals surface area contributed by atoms with Crippen molar-refractivity contribution in [3.05, 3.63) is 50.6 Å². The van der Waals surface area contributed by atoms with Gasteiger partial charge in [-0.25, -0.2) is 4.98 Å². The van der Waals surface area contributed by atoms with E-state index in [0.717, 1.165) is 47.2 Å². The summed E-state index contributed by atoms with van der Waals surface area (Å²) < 4.78 is 6.89. The number of ether oxygens (including phenoxy) is 1. The standard InChI is InChI=1S/C23H27N3O3S2/c1-3-15-8-4-6-10-17(15)24-19(27)14-30-23-25-21-20(22(28)26(23)12-13-29-2)16-9-5-7-11-18(16)31-21/h4,6,8,10H,3,5,7,9,11-14H2,1-2H3,(H,24,27). The van der Waals surface area contributed by atoms with Crippen molar-refractivity contribution >= 4 is 44.9 Å². The Hall–Kier alpha value is -2.16. The molecule has 0 bridgehead atoms. The minimum absolute atomic E-state index is 0.0133. The molecule has 0 atom stereocenters. The average molecular weight is 458 g/mol. The van der Waals surface area contributed by atoms with Crippen molar-refractivity contribution in [1.29, 1.82) is 0 Å². The van der Waals surface area contributed by atoms with Gasteiger partial charge in [-0.1, -0.05) is 36.9 Å². The summed E-state index contributed by atoms with van der Waals surface area (Å²) in [5, 5.41) is 4.33. The number of anilines is 1. The Morgan fingerprint density at radius 3 is 2.90 bits per heavy atom. The molecule has 0 spiro atoms. The molecule has 1 aromatic carbocycles. The molecule has 0 fully saturated rings. The highest BCUT2D eigenvalue weighted by Gasteiger charge is 2.22. The monoisotopic (exact) mass is 457 g/mol. The number of nitrogens with zero attached hydrogens (tertiary/aromatic N) is 2. The van der Waals surface area contributed by atoms with E-state index in [1.165, 1.54) is 28.6 Å². The number of methoxy groups -OCH3 is 1. The first-order valence-corrected chi connectivity index (χ1v) is 12.5. The number of aryl methyl sites for hydroxylation is 3. The highest BCUT2D eigenvalue weighted by molar-refractivity contribution is 7.99. The van der Waals surface area contributed by atoms with Gasteiger partial charge in [0, 0.05) is 17.7 Å². The molecule has 1 aliphatic rings. The third kappa shape index (κ3) is 4.71. The van der Waals surface area contributed by atoms with Gasteiger partial charge in [0.1, 0.15) is 4.83 Å². The van der Waals surface area contributed by atoms with E-state index >= 15 is 0 Å². The van der Waals surface area contributed by atoms with Crippen LogP contribution in [0, 0.1) is 0 Å². The van der Waals surface area contributed by atoms with E-state index in [4.69, 9.17) is 9.72 Å². The average Bonchev–Trinajstić information content (AvgIpc) is 3.16. The van der Waals surface area contributed by atoms with Crippen LogP contribution in [0.25, 0.3) is 10.2 Å². The van der Waals surface area contributed by atoms with Gasteiger partial charge in [0.05, 0.1) is 24.3 Å². The summed E-state index contributed by atoms with van der Waals surface area (Å²) in [6.45, 7) is 2.91. The number of carbonyl (C=O) groups excluding carboxylic acids is 1. The Morgan fingerprint density at radius 2 is 2.10 bits per heavy atom. The molecule has 31 heavy (non-hydrogen) atoms. The number of hydrogen-bond acceptors (Lipinski definition) is 6. The van der Waals surface area contributed by atoms with Crippen molar-refractivity contribution in [2.45, 2.75) is 50.7 Å². The molecular formula is C23H27N3O3S2. The Labute approximate surface area is 190 Å². The lowest BCUT2D eigenvalue weighted by atomic mass is 9.97. The third-order valence-electron chi connectivity index (χ3n) is 5.56. The van der Waals surface area contributed by atoms with Crippen LogP contribution in [0.2, 0.25) is 0 Å². The Kier molecular flexibility index (Phi) is 7.09. The Bertz CT molecular complexity index is 1150. The highest BCUT2D eigenvalue weighted by Crippen LogP contribution is 2.34. The molecule has 2 heterocycles. The number of nitrogens with one attached hydrogen (secondary N) is 1. The van der Waals surface area contributed by atoms with Crippen LogP contribution >= 0.6 is 23.1 Å². The van der Waals surface area contributed by atoms with Crippen LogP contribution < -0.4 is 10.9 Å². The molecule has 1 N–H and O–H groups in total. The molecule has 164 valence electrons. The number of para-hydroxylation sites is 1. The molecule has 1 amide bonds. The summed E-state index contributed by atoms with van der Waals surface area (Å²) in [4.78, 5) is 32.9. The van der Waals surface area contributed by atoms with Gasteiger partial charge in [-0.3, -0.25) is 14.2 Å². The van der Waals surface area contributed by atoms with Crippen molar-refractivity contribution in [1.82, 2.24) is 9.55 Å². The number of aromatic nitrogens is 2. The molecule has 0 radical (unpaired) electrons. The lowest BCUT2D eigenvalue weighted by Gasteiger charge is -2.13. The van der Waals surface area contributed by atoms with E-state index in [9.17, 15) is 9.59 Å². The number of hydrogen-bond donors (Lipinski definition) is 1. The largest absolute Gasteiger partial charge is 0.383 e. The minimum atomic E-state index is -0.107. The lowest BCUT2D eigenvalue weighted by Crippen LogP contribution is -2.26. The first-order chi connectivity index (χ1) is 15.1. The smallest absolute Gasteiger partial charge is 0.263 e. The van der Waals surface area contributed by atoms with Crippen molar-refractivity contribution in [2.24, 2.45) is 0 Å².